The molecule has 2 unspecified atom stereocenters. The number of rotatable bonds is 1. The largest absolute Gasteiger partial charge is 0.293 e. The molecule has 0 saturated heterocycles. The van der Waals surface area contributed by atoms with E-state index in [2.05, 4.69) is 12.7 Å². The molecule has 0 radical (unpaired) electrons. The van der Waals surface area contributed by atoms with Crippen molar-refractivity contribution in [2.75, 3.05) is 0 Å². The summed E-state index contributed by atoms with van der Waals surface area (Å²) in [5.41, 5.74) is 3.04. The molecular weight excluding hydrogens is 150 g/mol. The van der Waals surface area contributed by atoms with Crippen LogP contribution in [0.2, 0.25) is 0 Å². The molecule has 0 fully saturated rings. The van der Waals surface area contributed by atoms with Crippen molar-refractivity contribution in [3.8, 4) is 0 Å². The van der Waals surface area contributed by atoms with Crippen molar-refractivity contribution in [2.45, 2.75) is 13.0 Å². The van der Waals surface area contributed by atoms with Gasteiger partial charge in [0.05, 0.1) is 0 Å². The normalized spacial score (nSPS) is 30.8. The molecule has 0 spiro atoms. The third kappa shape index (κ3) is 2.89. The number of nitrogens with two attached hydrogens (primary N) is 1. The highest BCUT2D eigenvalue weighted by Gasteiger charge is 1.98. The Labute approximate surface area is 72.7 Å². The molecule has 0 amide bonds. The van der Waals surface area contributed by atoms with Crippen LogP contribution in [0, 0.1) is 5.92 Å². The van der Waals surface area contributed by atoms with E-state index < -0.39 is 0 Å². The lowest BCUT2D eigenvalue weighted by Crippen LogP contribution is -2.11. The molecule has 0 aromatic carbocycles. The first-order valence-electron chi connectivity index (χ1n) is 3.96. The molecule has 2 nitrogen and oxygen atoms in total. The highest BCUT2D eigenvalue weighted by atomic mass is 16.6. The Balaban J connectivity index is 2.76. The van der Waals surface area contributed by atoms with Gasteiger partial charge in [-0.1, -0.05) is 25.2 Å². The summed E-state index contributed by atoms with van der Waals surface area (Å²) in [6.45, 7) is 2.08. The minimum atomic E-state index is -0.128. The van der Waals surface area contributed by atoms with E-state index in [1.807, 2.05) is 36.5 Å². The highest BCUT2D eigenvalue weighted by Crippen LogP contribution is 2.03. The van der Waals surface area contributed by atoms with Gasteiger partial charge in [0, 0.05) is 0 Å². The molecule has 0 heterocycles. The predicted octanol–water partition coefficient (Wildman–Crippen LogP) is 1.72. The summed E-state index contributed by atoms with van der Waals surface area (Å²) >= 11 is 0. The van der Waals surface area contributed by atoms with Gasteiger partial charge in [0.15, 0.2) is 0 Å². The first-order chi connectivity index (χ1) is 5.83. The lowest BCUT2D eigenvalue weighted by molar-refractivity contribution is 0.118. The molecule has 2 atom stereocenters. The molecule has 0 aromatic heterocycles. The summed E-state index contributed by atoms with van der Waals surface area (Å²) in [5.74, 6) is 5.45. The Morgan fingerprint density at radius 3 is 2.92 bits per heavy atom. The lowest BCUT2D eigenvalue weighted by atomic mass is 10.1. The Morgan fingerprint density at radius 1 is 1.33 bits per heavy atom. The molecule has 1 aliphatic carbocycles. The van der Waals surface area contributed by atoms with Crippen molar-refractivity contribution >= 4 is 0 Å². The summed E-state index contributed by atoms with van der Waals surface area (Å²) < 4.78 is 0. The van der Waals surface area contributed by atoms with Gasteiger partial charge < -0.3 is 0 Å². The van der Waals surface area contributed by atoms with Crippen LogP contribution >= 0.6 is 0 Å². The summed E-state index contributed by atoms with van der Waals surface area (Å²) in [6.07, 6.45) is 11.4. The second-order valence-electron chi connectivity index (χ2n) is 2.73. The van der Waals surface area contributed by atoms with E-state index >= 15 is 0 Å². The van der Waals surface area contributed by atoms with Crippen LogP contribution in [0.5, 0.6) is 0 Å². The summed E-state index contributed by atoms with van der Waals surface area (Å²) in [6, 6.07) is 0. The van der Waals surface area contributed by atoms with Crippen LogP contribution in [0.4, 0.5) is 0 Å². The minimum Gasteiger partial charge on any atom is -0.293 e. The molecule has 1 rings (SSSR count). The Morgan fingerprint density at radius 2 is 2.17 bits per heavy atom. The van der Waals surface area contributed by atoms with Gasteiger partial charge in [-0.3, -0.25) is 4.84 Å². The zero-order valence-corrected chi connectivity index (χ0v) is 7.10. The smallest absolute Gasteiger partial charge is 0.115 e. The molecule has 2 N–H and O–H groups in total. The maximum Gasteiger partial charge on any atom is 0.115 e. The van der Waals surface area contributed by atoms with Crippen LogP contribution in [0.15, 0.2) is 42.2 Å². The fourth-order valence-corrected chi connectivity index (χ4v) is 0.923. The fraction of sp³-hybridized carbons (Fsp3) is 0.300. The molecule has 12 heavy (non-hydrogen) atoms. The van der Waals surface area contributed by atoms with Crippen molar-refractivity contribution in [1.29, 1.82) is 0 Å². The van der Waals surface area contributed by atoms with Crippen molar-refractivity contribution in [2.24, 2.45) is 11.8 Å². The van der Waals surface area contributed by atoms with Gasteiger partial charge in [-0.05, 0) is 24.1 Å². The molecule has 0 aliphatic heterocycles. The second-order valence-corrected chi connectivity index (χ2v) is 2.73. The molecule has 2 heteroatoms. The van der Waals surface area contributed by atoms with E-state index in [1.165, 1.54) is 0 Å². The maximum atomic E-state index is 5.07. The molecule has 0 aromatic rings. The lowest BCUT2D eigenvalue weighted by Gasteiger charge is -2.03. The standard InChI is InChI=1S/C10H13NO/c1-9-5-3-2-4-6-10(12-11)8-7-9/h2,4-10H,11H2,1H3/b6-4+,8-7?. The van der Waals surface area contributed by atoms with Crippen LogP contribution in [0.25, 0.3) is 0 Å². The van der Waals surface area contributed by atoms with Gasteiger partial charge in [-0.25, -0.2) is 5.90 Å². The predicted molar refractivity (Wildman–Crippen MR) is 49.2 cm³/mol. The third-order valence-electron chi connectivity index (χ3n) is 1.61. The van der Waals surface area contributed by atoms with Gasteiger partial charge >= 0.3 is 0 Å². The molecule has 0 saturated carbocycles. The summed E-state index contributed by atoms with van der Waals surface area (Å²) in [4.78, 5) is 4.70. The Kier molecular flexibility index (Phi) is 3.55. The quantitative estimate of drug-likeness (QED) is 0.363. The maximum absolute atomic E-state index is 5.07. The molecule has 1 aliphatic rings. The van der Waals surface area contributed by atoms with E-state index in [-0.39, 0.29) is 6.10 Å². The average Bonchev–Trinajstić information content (AvgIpc) is 2.17. The minimum absolute atomic E-state index is 0.128. The SMILES string of the molecule is CC1C=C=C/C=C/C(ON)C=C1. The van der Waals surface area contributed by atoms with E-state index in [9.17, 15) is 0 Å². The van der Waals surface area contributed by atoms with E-state index in [0.29, 0.717) is 5.92 Å². The number of hydrogen-bond acceptors (Lipinski definition) is 2. The van der Waals surface area contributed by atoms with Crippen molar-refractivity contribution in [3.05, 3.63) is 42.2 Å². The summed E-state index contributed by atoms with van der Waals surface area (Å²) in [5, 5.41) is 0. The van der Waals surface area contributed by atoms with Crippen LogP contribution in [-0.4, -0.2) is 6.10 Å². The average molecular weight is 163 g/mol. The first kappa shape index (κ1) is 9.01. The van der Waals surface area contributed by atoms with Gasteiger partial charge in [-0.2, -0.15) is 0 Å². The van der Waals surface area contributed by atoms with E-state index in [4.69, 9.17) is 10.7 Å². The Bertz CT molecular complexity index is 247. The second kappa shape index (κ2) is 4.73. The van der Waals surface area contributed by atoms with Crippen molar-refractivity contribution in [1.82, 2.24) is 0 Å². The Hall–Kier alpha value is -1.08. The topological polar surface area (TPSA) is 35.2 Å². The zero-order valence-electron chi connectivity index (χ0n) is 7.10. The van der Waals surface area contributed by atoms with Crippen LogP contribution < -0.4 is 5.90 Å². The van der Waals surface area contributed by atoms with Gasteiger partial charge in [0.2, 0.25) is 0 Å². The zero-order chi connectivity index (χ0) is 8.81. The van der Waals surface area contributed by atoms with E-state index in [0.717, 1.165) is 0 Å². The number of allylic oxidation sites excluding steroid dienone is 3. The molecule has 0 bridgehead atoms. The molecule has 64 valence electrons. The van der Waals surface area contributed by atoms with Gasteiger partial charge in [-0.15, -0.1) is 5.73 Å². The van der Waals surface area contributed by atoms with Crippen molar-refractivity contribution in [3.63, 3.8) is 0 Å². The fourth-order valence-electron chi connectivity index (χ4n) is 0.923. The third-order valence-corrected chi connectivity index (χ3v) is 1.61. The van der Waals surface area contributed by atoms with Gasteiger partial charge in [0.25, 0.3) is 0 Å². The van der Waals surface area contributed by atoms with Crippen LogP contribution in [-0.2, 0) is 4.84 Å². The van der Waals surface area contributed by atoms with Crippen molar-refractivity contribution < 1.29 is 4.84 Å². The van der Waals surface area contributed by atoms with E-state index in [1.54, 1.807) is 0 Å². The number of hydrogen-bond donors (Lipinski definition) is 1. The first-order valence-corrected chi connectivity index (χ1v) is 3.96. The highest BCUT2D eigenvalue weighted by molar-refractivity contribution is 5.14. The monoisotopic (exact) mass is 163 g/mol. The summed E-state index contributed by atoms with van der Waals surface area (Å²) in [7, 11) is 0. The molecular formula is C10H13NO. The van der Waals surface area contributed by atoms with Crippen LogP contribution in [0.1, 0.15) is 6.92 Å². The van der Waals surface area contributed by atoms with Crippen LogP contribution in [0.3, 0.4) is 0 Å². The van der Waals surface area contributed by atoms with Gasteiger partial charge in [0.1, 0.15) is 6.10 Å².